The third-order valence-electron chi connectivity index (χ3n) is 5.59. The van der Waals surface area contributed by atoms with E-state index >= 15 is 0 Å². The van der Waals surface area contributed by atoms with Crippen LogP contribution in [0.4, 0.5) is 16.2 Å². The zero-order valence-electron chi connectivity index (χ0n) is 16.7. The summed E-state index contributed by atoms with van der Waals surface area (Å²) in [6.07, 6.45) is 3.13. The summed E-state index contributed by atoms with van der Waals surface area (Å²) in [5.74, 6) is -2.06. The van der Waals surface area contributed by atoms with Crippen molar-refractivity contribution < 1.29 is 28.8 Å². The number of amides is 4. The van der Waals surface area contributed by atoms with Gasteiger partial charge in [-0.1, -0.05) is 19.8 Å². The molecule has 12 heteroatoms. The van der Waals surface area contributed by atoms with Crippen LogP contribution >= 0.6 is 15.9 Å². The molecule has 2 unspecified atom stereocenters. The van der Waals surface area contributed by atoms with Crippen LogP contribution in [0.2, 0.25) is 0 Å². The number of nitro groups is 1. The predicted octanol–water partition coefficient (Wildman–Crippen LogP) is 2.34. The second-order valence-corrected chi connectivity index (χ2v) is 8.42. The van der Waals surface area contributed by atoms with Crippen molar-refractivity contribution in [2.45, 2.75) is 38.1 Å². The van der Waals surface area contributed by atoms with E-state index in [-0.39, 0.29) is 21.8 Å². The first-order valence-corrected chi connectivity index (χ1v) is 10.5. The molecule has 11 nitrogen and oxygen atoms in total. The Kier molecular flexibility index (Phi) is 6.58. The van der Waals surface area contributed by atoms with Crippen molar-refractivity contribution >= 4 is 51.1 Å². The summed E-state index contributed by atoms with van der Waals surface area (Å²) in [4.78, 5) is 60.3. The molecule has 1 aliphatic heterocycles. The lowest BCUT2D eigenvalue weighted by molar-refractivity contribution is -0.384. The van der Waals surface area contributed by atoms with Crippen molar-refractivity contribution in [2.24, 2.45) is 5.92 Å². The molecule has 2 aliphatic rings. The maximum atomic E-state index is 12.8. The second kappa shape index (κ2) is 9.00. The third kappa shape index (κ3) is 4.68. The van der Waals surface area contributed by atoms with Gasteiger partial charge in [0, 0.05) is 16.6 Å². The Morgan fingerprint density at radius 3 is 2.77 bits per heavy atom. The number of benzene rings is 1. The van der Waals surface area contributed by atoms with Crippen molar-refractivity contribution in [1.82, 2.24) is 10.2 Å². The standard InChI is InChI=1S/C19H21BrN4O7/c1-11-4-2-3-7-19(11)17(27)23(18(28)22-19)9-16(26)31-10-15(25)21-14-6-5-12(24(29)30)8-13(14)20/h5-6,8,11H,2-4,7,9-10H2,1H3,(H,21,25)(H,22,28). The highest BCUT2D eigenvalue weighted by Gasteiger charge is 2.55. The van der Waals surface area contributed by atoms with Crippen LogP contribution in [0, 0.1) is 16.0 Å². The van der Waals surface area contributed by atoms with Crippen molar-refractivity contribution in [2.75, 3.05) is 18.5 Å². The highest BCUT2D eigenvalue weighted by Crippen LogP contribution is 2.38. The number of halogens is 1. The lowest BCUT2D eigenvalue weighted by atomic mass is 9.73. The molecule has 2 atom stereocenters. The van der Waals surface area contributed by atoms with Gasteiger partial charge in [-0.15, -0.1) is 0 Å². The number of nitrogens with zero attached hydrogens (tertiary/aromatic N) is 2. The van der Waals surface area contributed by atoms with Gasteiger partial charge in [0.05, 0.1) is 10.6 Å². The molecule has 2 fully saturated rings. The first kappa shape index (κ1) is 22.7. The quantitative estimate of drug-likeness (QED) is 0.265. The molecule has 0 bridgehead atoms. The van der Waals surface area contributed by atoms with E-state index in [0.29, 0.717) is 6.42 Å². The molecule has 1 aromatic rings. The molecule has 1 aromatic carbocycles. The maximum absolute atomic E-state index is 12.8. The highest BCUT2D eigenvalue weighted by atomic mass is 79.9. The minimum Gasteiger partial charge on any atom is -0.454 e. The van der Waals surface area contributed by atoms with Gasteiger partial charge in [-0.25, -0.2) is 4.79 Å². The van der Waals surface area contributed by atoms with Crippen molar-refractivity contribution in [1.29, 1.82) is 0 Å². The van der Waals surface area contributed by atoms with Crippen LogP contribution in [0.25, 0.3) is 0 Å². The molecule has 1 saturated heterocycles. The Morgan fingerprint density at radius 1 is 1.39 bits per heavy atom. The Hall–Kier alpha value is -3.02. The number of nitro benzene ring substituents is 1. The van der Waals surface area contributed by atoms with Gasteiger partial charge >= 0.3 is 12.0 Å². The fourth-order valence-corrected chi connectivity index (χ4v) is 4.33. The van der Waals surface area contributed by atoms with Gasteiger partial charge in [0.15, 0.2) is 6.61 Å². The molecule has 1 heterocycles. The lowest BCUT2D eigenvalue weighted by Gasteiger charge is -2.36. The molecular formula is C19H21BrN4O7. The average Bonchev–Trinajstić information content (AvgIpc) is 2.95. The van der Waals surface area contributed by atoms with E-state index in [1.807, 2.05) is 6.92 Å². The van der Waals surface area contributed by atoms with Crippen LogP contribution < -0.4 is 10.6 Å². The number of urea groups is 1. The number of imide groups is 1. The number of rotatable bonds is 6. The van der Waals surface area contributed by atoms with Gasteiger partial charge in [-0.05, 0) is 40.8 Å². The molecule has 0 radical (unpaired) electrons. The molecule has 3 rings (SSSR count). The van der Waals surface area contributed by atoms with Gasteiger partial charge in [-0.2, -0.15) is 0 Å². The minimum absolute atomic E-state index is 0.0374. The highest BCUT2D eigenvalue weighted by molar-refractivity contribution is 9.10. The van der Waals surface area contributed by atoms with Gasteiger partial charge in [0.2, 0.25) is 0 Å². The number of carbonyl (C=O) groups is 4. The fourth-order valence-electron chi connectivity index (χ4n) is 3.87. The molecule has 31 heavy (non-hydrogen) atoms. The number of esters is 1. The van der Waals surface area contributed by atoms with E-state index in [0.717, 1.165) is 24.2 Å². The normalized spacial score (nSPS) is 22.9. The summed E-state index contributed by atoms with van der Waals surface area (Å²) >= 11 is 3.12. The van der Waals surface area contributed by atoms with Crippen molar-refractivity contribution in [3.63, 3.8) is 0 Å². The molecule has 4 amide bonds. The van der Waals surface area contributed by atoms with E-state index < -0.39 is 47.4 Å². The van der Waals surface area contributed by atoms with Crippen molar-refractivity contribution in [3.8, 4) is 0 Å². The zero-order valence-corrected chi connectivity index (χ0v) is 18.3. The van der Waals surface area contributed by atoms with E-state index in [1.54, 1.807) is 0 Å². The summed E-state index contributed by atoms with van der Waals surface area (Å²) in [6, 6.07) is 3.13. The van der Waals surface area contributed by atoms with Crippen LogP contribution in [-0.4, -0.2) is 52.3 Å². The second-order valence-electron chi connectivity index (χ2n) is 7.57. The molecule has 1 aliphatic carbocycles. The van der Waals surface area contributed by atoms with E-state index in [2.05, 4.69) is 26.6 Å². The van der Waals surface area contributed by atoms with Crippen LogP contribution in [0.15, 0.2) is 22.7 Å². The Bertz CT molecular complexity index is 953. The van der Waals surface area contributed by atoms with Crippen LogP contribution in [0.1, 0.15) is 32.6 Å². The number of non-ortho nitro benzene ring substituents is 1. The Labute approximate surface area is 185 Å². The van der Waals surface area contributed by atoms with Crippen molar-refractivity contribution in [3.05, 3.63) is 32.8 Å². The average molecular weight is 497 g/mol. The largest absolute Gasteiger partial charge is 0.454 e. The number of hydrogen-bond acceptors (Lipinski definition) is 7. The Morgan fingerprint density at radius 2 is 2.13 bits per heavy atom. The van der Waals surface area contributed by atoms with Crippen LogP contribution in [0.3, 0.4) is 0 Å². The van der Waals surface area contributed by atoms with Gasteiger partial charge in [-0.3, -0.25) is 29.4 Å². The smallest absolute Gasteiger partial charge is 0.326 e. The lowest BCUT2D eigenvalue weighted by Crippen LogP contribution is -2.54. The first-order chi connectivity index (χ1) is 14.6. The topological polar surface area (TPSA) is 148 Å². The molecule has 166 valence electrons. The number of carbonyl (C=O) groups excluding carboxylic acids is 4. The molecule has 1 saturated carbocycles. The number of nitrogens with one attached hydrogen (secondary N) is 2. The summed E-state index contributed by atoms with van der Waals surface area (Å²) in [6.45, 7) is 0.668. The molecule has 0 aromatic heterocycles. The summed E-state index contributed by atoms with van der Waals surface area (Å²) in [5.41, 5.74) is -0.876. The summed E-state index contributed by atoms with van der Waals surface area (Å²) in [5, 5.41) is 15.9. The summed E-state index contributed by atoms with van der Waals surface area (Å²) in [7, 11) is 0. The minimum atomic E-state index is -0.977. The number of hydrogen-bond donors (Lipinski definition) is 2. The van der Waals surface area contributed by atoms with E-state index in [4.69, 9.17) is 4.74 Å². The monoisotopic (exact) mass is 496 g/mol. The molecular weight excluding hydrogens is 476 g/mol. The first-order valence-electron chi connectivity index (χ1n) is 9.67. The van der Waals surface area contributed by atoms with Crippen LogP contribution in [0.5, 0.6) is 0 Å². The Balaban J connectivity index is 1.53. The van der Waals surface area contributed by atoms with Crippen LogP contribution in [-0.2, 0) is 19.1 Å². The van der Waals surface area contributed by atoms with E-state index in [1.165, 1.54) is 18.2 Å². The van der Waals surface area contributed by atoms with Gasteiger partial charge in [0.1, 0.15) is 12.1 Å². The number of anilines is 1. The predicted molar refractivity (Wildman–Crippen MR) is 111 cm³/mol. The SMILES string of the molecule is CC1CCCCC12NC(=O)N(CC(=O)OCC(=O)Nc1ccc([N+](=O)[O-])cc1Br)C2=O. The summed E-state index contributed by atoms with van der Waals surface area (Å²) < 4.78 is 5.18. The number of ether oxygens (including phenoxy) is 1. The van der Waals surface area contributed by atoms with Gasteiger partial charge in [0.25, 0.3) is 17.5 Å². The van der Waals surface area contributed by atoms with Gasteiger partial charge < -0.3 is 15.4 Å². The molecule has 1 spiro atoms. The molecule has 2 N–H and O–H groups in total. The third-order valence-corrected chi connectivity index (χ3v) is 6.25. The maximum Gasteiger partial charge on any atom is 0.326 e. The van der Waals surface area contributed by atoms with E-state index in [9.17, 15) is 29.3 Å². The fraction of sp³-hybridized carbons (Fsp3) is 0.474. The zero-order chi connectivity index (χ0) is 22.8.